The third kappa shape index (κ3) is 2.96. The first-order valence-electron chi connectivity index (χ1n) is 5.80. The molecule has 0 saturated heterocycles. The Morgan fingerprint density at radius 2 is 1.53 bits per heavy atom. The van der Waals surface area contributed by atoms with Crippen molar-refractivity contribution >= 4 is 0 Å². The van der Waals surface area contributed by atoms with Crippen molar-refractivity contribution < 1.29 is 18.3 Å². The SMILES string of the molecule is Cc1ccc(-c2ccc(CO)c(C(F)(F)F)c2)cc1. The van der Waals surface area contributed by atoms with Gasteiger partial charge in [0.15, 0.2) is 0 Å². The maximum Gasteiger partial charge on any atom is 0.416 e. The quantitative estimate of drug-likeness (QED) is 0.864. The van der Waals surface area contributed by atoms with Crippen LogP contribution in [0.25, 0.3) is 11.1 Å². The molecule has 0 aliphatic carbocycles. The summed E-state index contributed by atoms with van der Waals surface area (Å²) in [6.07, 6.45) is -4.46. The third-order valence-electron chi connectivity index (χ3n) is 2.97. The van der Waals surface area contributed by atoms with E-state index in [9.17, 15) is 13.2 Å². The normalized spacial score (nSPS) is 11.6. The molecule has 0 aliphatic rings. The second-order valence-corrected chi connectivity index (χ2v) is 4.39. The zero-order valence-electron chi connectivity index (χ0n) is 10.3. The van der Waals surface area contributed by atoms with Crippen LogP contribution in [0.5, 0.6) is 0 Å². The van der Waals surface area contributed by atoms with Crippen LogP contribution in [-0.4, -0.2) is 5.11 Å². The Kier molecular flexibility index (Phi) is 3.62. The molecule has 100 valence electrons. The topological polar surface area (TPSA) is 20.2 Å². The van der Waals surface area contributed by atoms with Gasteiger partial charge in [-0.2, -0.15) is 13.2 Å². The van der Waals surface area contributed by atoms with Crippen LogP contribution >= 0.6 is 0 Å². The largest absolute Gasteiger partial charge is 0.416 e. The highest BCUT2D eigenvalue weighted by Crippen LogP contribution is 2.35. The number of alkyl halides is 3. The summed E-state index contributed by atoms with van der Waals surface area (Å²) in [5, 5.41) is 8.98. The summed E-state index contributed by atoms with van der Waals surface area (Å²) < 4.78 is 38.7. The molecule has 0 saturated carbocycles. The van der Waals surface area contributed by atoms with Gasteiger partial charge in [-0.05, 0) is 29.7 Å². The summed E-state index contributed by atoms with van der Waals surface area (Å²) in [5.41, 5.74) is 1.37. The first kappa shape index (κ1) is 13.6. The van der Waals surface area contributed by atoms with Crippen molar-refractivity contribution in [3.63, 3.8) is 0 Å². The van der Waals surface area contributed by atoms with E-state index in [2.05, 4.69) is 0 Å². The lowest BCUT2D eigenvalue weighted by molar-refractivity contribution is -0.138. The van der Waals surface area contributed by atoms with Crippen LogP contribution in [0, 0.1) is 6.92 Å². The van der Waals surface area contributed by atoms with E-state index in [1.165, 1.54) is 6.07 Å². The molecular weight excluding hydrogens is 253 g/mol. The molecule has 0 aromatic heterocycles. The molecular formula is C15H13F3O. The van der Waals surface area contributed by atoms with Gasteiger partial charge in [-0.15, -0.1) is 0 Å². The summed E-state index contributed by atoms with van der Waals surface area (Å²) >= 11 is 0. The molecule has 0 radical (unpaired) electrons. The van der Waals surface area contributed by atoms with E-state index < -0.39 is 18.3 Å². The van der Waals surface area contributed by atoms with Gasteiger partial charge in [-0.1, -0.05) is 42.0 Å². The molecule has 2 aromatic carbocycles. The second kappa shape index (κ2) is 5.05. The Bertz CT molecular complexity index is 571. The fraction of sp³-hybridized carbons (Fsp3) is 0.200. The van der Waals surface area contributed by atoms with Gasteiger partial charge < -0.3 is 5.11 Å². The number of aryl methyl sites for hydroxylation is 1. The number of rotatable bonds is 2. The van der Waals surface area contributed by atoms with E-state index in [-0.39, 0.29) is 5.56 Å². The molecule has 2 aromatic rings. The molecule has 0 heterocycles. The molecule has 0 fully saturated rings. The number of benzene rings is 2. The highest BCUT2D eigenvalue weighted by atomic mass is 19.4. The second-order valence-electron chi connectivity index (χ2n) is 4.39. The third-order valence-corrected chi connectivity index (χ3v) is 2.97. The first-order chi connectivity index (χ1) is 8.91. The van der Waals surface area contributed by atoms with Gasteiger partial charge in [0.1, 0.15) is 0 Å². The molecule has 1 N–H and O–H groups in total. The van der Waals surface area contributed by atoms with Crippen LogP contribution in [-0.2, 0) is 12.8 Å². The van der Waals surface area contributed by atoms with Crippen LogP contribution in [0.2, 0.25) is 0 Å². The lowest BCUT2D eigenvalue weighted by atomic mass is 9.98. The van der Waals surface area contributed by atoms with E-state index in [1.54, 1.807) is 18.2 Å². The van der Waals surface area contributed by atoms with Crippen molar-refractivity contribution in [2.45, 2.75) is 19.7 Å². The summed E-state index contributed by atoms with van der Waals surface area (Å²) in [6, 6.07) is 11.2. The van der Waals surface area contributed by atoms with Crippen molar-refractivity contribution in [3.05, 3.63) is 59.2 Å². The van der Waals surface area contributed by atoms with Crippen LogP contribution in [0.1, 0.15) is 16.7 Å². The predicted molar refractivity (Wildman–Crippen MR) is 67.5 cm³/mol. The summed E-state index contributed by atoms with van der Waals surface area (Å²) in [5.74, 6) is 0. The standard InChI is InChI=1S/C15H13F3O/c1-10-2-4-11(5-3-10)12-6-7-13(9-19)14(8-12)15(16,17)18/h2-8,19H,9H2,1H3. The number of halogens is 3. The minimum Gasteiger partial charge on any atom is -0.392 e. The Balaban J connectivity index is 2.52. The summed E-state index contributed by atoms with van der Waals surface area (Å²) in [4.78, 5) is 0. The Morgan fingerprint density at radius 1 is 0.947 bits per heavy atom. The van der Waals surface area contributed by atoms with Crippen LogP contribution < -0.4 is 0 Å². The van der Waals surface area contributed by atoms with E-state index in [0.717, 1.165) is 17.2 Å². The monoisotopic (exact) mass is 266 g/mol. The van der Waals surface area contributed by atoms with Gasteiger partial charge in [-0.25, -0.2) is 0 Å². The highest BCUT2D eigenvalue weighted by molar-refractivity contribution is 5.65. The van der Waals surface area contributed by atoms with Crippen LogP contribution in [0.3, 0.4) is 0 Å². The van der Waals surface area contributed by atoms with Crippen molar-refractivity contribution in [1.29, 1.82) is 0 Å². The van der Waals surface area contributed by atoms with E-state index in [0.29, 0.717) is 5.56 Å². The highest BCUT2D eigenvalue weighted by Gasteiger charge is 2.33. The molecule has 0 aliphatic heterocycles. The molecule has 0 amide bonds. The molecule has 0 spiro atoms. The molecule has 19 heavy (non-hydrogen) atoms. The van der Waals surface area contributed by atoms with Gasteiger partial charge in [0.05, 0.1) is 12.2 Å². The maximum atomic E-state index is 12.9. The van der Waals surface area contributed by atoms with Crippen molar-refractivity contribution in [2.75, 3.05) is 0 Å². The first-order valence-corrected chi connectivity index (χ1v) is 5.80. The molecule has 1 nitrogen and oxygen atoms in total. The lowest BCUT2D eigenvalue weighted by Gasteiger charge is -2.13. The van der Waals surface area contributed by atoms with Gasteiger partial charge >= 0.3 is 6.18 Å². The van der Waals surface area contributed by atoms with Crippen molar-refractivity contribution in [1.82, 2.24) is 0 Å². The van der Waals surface area contributed by atoms with Crippen molar-refractivity contribution in [3.8, 4) is 11.1 Å². The number of hydrogen-bond donors (Lipinski definition) is 1. The van der Waals surface area contributed by atoms with Gasteiger partial charge in [0.2, 0.25) is 0 Å². The predicted octanol–water partition coefficient (Wildman–Crippen LogP) is 4.17. The Labute approximate surface area is 109 Å². The maximum absolute atomic E-state index is 12.9. The minimum atomic E-state index is -4.46. The lowest BCUT2D eigenvalue weighted by Crippen LogP contribution is -2.09. The number of aliphatic hydroxyl groups is 1. The van der Waals surface area contributed by atoms with E-state index in [1.807, 2.05) is 19.1 Å². The zero-order valence-corrected chi connectivity index (χ0v) is 10.3. The van der Waals surface area contributed by atoms with Crippen LogP contribution in [0.15, 0.2) is 42.5 Å². The number of hydrogen-bond acceptors (Lipinski definition) is 1. The van der Waals surface area contributed by atoms with Gasteiger partial charge in [0, 0.05) is 0 Å². The van der Waals surface area contributed by atoms with Gasteiger partial charge in [0.25, 0.3) is 0 Å². The smallest absolute Gasteiger partial charge is 0.392 e. The Morgan fingerprint density at radius 3 is 2.05 bits per heavy atom. The summed E-state index contributed by atoms with van der Waals surface area (Å²) in [6.45, 7) is 1.29. The molecule has 0 atom stereocenters. The average molecular weight is 266 g/mol. The van der Waals surface area contributed by atoms with E-state index in [4.69, 9.17) is 5.11 Å². The Hall–Kier alpha value is -1.81. The zero-order chi connectivity index (χ0) is 14.0. The van der Waals surface area contributed by atoms with E-state index >= 15 is 0 Å². The molecule has 2 rings (SSSR count). The molecule has 4 heteroatoms. The molecule has 0 bridgehead atoms. The van der Waals surface area contributed by atoms with Gasteiger partial charge in [-0.3, -0.25) is 0 Å². The molecule has 0 unspecified atom stereocenters. The number of aliphatic hydroxyl groups excluding tert-OH is 1. The minimum absolute atomic E-state index is 0.108. The summed E-state index contributed by atoms with van der Waals surface area (Å²) in [7, 11) is 0. The van der Waals surface area contributed by atoms with Crippen LogP contribution in [0.4, 0.5) is 13.2 Å². The fourth-order valence-corrected chi connectivity index (χ4v) is 1.90. The average Bonchev–Trinajstić information content (AvgIpc) is 2.38. The fourth-order valence-electron chi connectivity index (χ4n) is 1.90. The van der Waals surface area contributed by atoms with Crippen molar-refractivity contribution in [2.24, 2.45) is 0 Å².